The van der Waals surface area contributed by atoms with Crippen LogP contribution in [0.4, 0.5) is 0 Å². The van der Waals surface area contributed by atoms with E-state index < -0.39 is 5.91 Å². The predicted molar refractivity (Wildman–Crippen MR) is 89.9 cm³/mol. The van der Waals surface area contributed by atoms with Gasteiger partial charge in [-0.1, -0.05) is 12.1 Å². The zero-order chi connectivity index (χ0) is 15.4. The van der Waals surface area contributed by atoms with Crippen molar-refractivity contribution in [3.8, 4) is 0 Å². The first-order valence-electron chi connectivity index (χ1n) is 6.37. The molecule has 21 heavy (non-hydrogen) atoms. The highest BCUT2D eigenvalue weighted by Gasteiger charge is 2.12. The SMILES string of the molecule is CN(Cc1cccc(C(N)=O)c1)C(=O)c1ccc(I)cc1. The number of benzene rings is 2. The Morgan fingerprint density at radius 2 is 1.76 bits per heavy atom. The summed E-state index contributed by atoms with van der Waals surface area (Å²) in [5.41, 5.74) is 7.22. The highest BCUT2D eigenvalue weighted by molar-refractivity contribution is 14.1. The van der Waals surface area contributed by atoms with Crippen molar-refractivity contribution in [2.75, 3.05) is 7.05 Å². The molecule has 0 bridgehead atoms. The largest absolute Gasteiger partial charge is 0.366 e. The second-order valence-electron chi connectivity index (χ2n) is 4.73. The van der Waals surface area contributed by atoms with Gasteiger partial charge in [0, 0.05) is 28.3 Å². The van der Waals surface area contributed by atoms with E-state index in [0.717, 1.165) is 9.13 Å². The van der Waals surface area contributed by atoms with Crippen LogP contribution in [0.2, 0.25) is 0 Å². The molecule has 0 saturated carbocycles. The van der Waals surface area contributed by atoms with Gasteiger partial charge in [-0.2, -0.15) is 0 Å². The monoisotopic (exact) mass is 394 g/mol. The van der Waals surface area contributed by atoms with E-state index in [1.54, 1.807) is 42.3 Å². The Balaban J connectivity index is 2.12. The van der Waals surface area contributed by atoms with Crippen LogP contribution >= 0.6 is 22.6 Å². The fourth-order valence-electron chi connectivity index (χ4n) is 1.98. The van der Waals surface area contributed by atoms with Gasteiger partial charge in [0.2, 0.25) is 5.91 Å². The number of primary amides is 1. The molecule has 0 saturated heterocycles. The maximum atomic E-state index is 12.3. The number of hydrogen-bond donors (Lipinski definition) is 1. The minimum atomic E-state index is -0.469. The first kappa shape index (κ1) is 15.5. The van der Waals surface area contributed by atoms with E-state index in [-0.39, 0.29) is 5.91 Å². The van der Waals surface area contributed by atoms with Crippen molar-refractivity contribution < 1.29 is 9.59 Å². The normalized spacial score (nSPS) is 10.2. The van der Waals surface area contributed by atoms with E-state index in [2.05, 4.69) is 22.6 Å². The van der Waals surface area contributed by atoms with Crippen molar-refractivity contribution >= 4 is 34.4 Å². The van der Waals surface area contributed by atoms with Crippen LogP contribution in [0.1, 0.15) is 26.3 Å². The zero-order valence-electron chi connectivity index (χ0n) is 11.5. The molecular formula is C16H15IN2O2. The summed E-state index contributed by atoms with van der Waals surface area (Å²) in [7, 11) is 1.73. The van der Waals surface area contributed by atoms with Gasteiger partial charge < -0.3 is 10.6 Å². The third-order valence-corrected chi connectivity index (χ3v) is 3.79. The van der Waals surface area contributed by atoms with E-state index in [1.807, 2.05) is 18.2 Å². The number of nitrogens with zero attached hydrogens (tertiary/aromatic N) is 1. The van der Waals surface area contributed by atoms with E-state index >= 15 is 0 Å². The van der Waals surface area contributed by atoms with Crippen LogP contribution in [-0.2, 0) is 6.54 Å². The predicted octanol–water partition coefficient (Wildman–Crippen LogP) is 2.66. The molecule has 0 heterocycles. The van der Waals surface area contributed by atoms with Crippen LogP contribution in [0.3, 0.4) is 0 Å². The van der Waals surface area contributed by atoms with Crippen LogP contribution in [0, 0.1) is 3.57 Å². The van der Waals surface area contributed by atoms with Crippen LogP contribution in [0.5, 0.6) is 0 Å². The van der Waals surface area contributed by atoms with Crippen molar-refractivity contribution in [3.63, 3.8) is 0 Å². The summed E-state index contributed by atoms with van der Waals surface area (Å²) in [6.07, 6.45) is 0. The van der Waals surface area contributed by atoms with Gasteiger partial charge in [-0.05, 0) is 64.6 Å². The van der Waals surface area contributed by atoms with Crippen LogP contribution in [0.15, 0.2) is 48.5 Å². The minimum absolute atomic E-state index is 0.0594. The molecule has 4 nitrogen and oxygen atoms in total. The summed E-state index contributed by atoms with van der Waals surface area (Å²) >= 11 is 2.20. The number of carbonyl (C=O) groups is 2. The topological polar surface area (TPSA) is 63.4 Å². The van der Waals surface area contributed by atoms with Crippen molar-refractivity contribution in [2.24, 2.45) is 5.73 Å². The third-order valence-electron chi connectivity index (χ3n) is 3.07. The van der Waals surface area contributed by atoms with Gasteiger partial charge in [-0.3, -0.25) is 9.59 Å². The van der Waals surface area contributed by atoms with E-state index in [0.29, 0.717) is 17.7 Å². The highest BCUT2D eigenvalue weighted by atomic mass is 127. The standard InChI is InChI=1S/C16H15IN2O2/c1-19(16(21)12-5-7-14(17)8-6-12)10-11-3-2-4-13(9-11)15(18)20/h2-9H,10H2,1H3,(H2,18,20). The number of halogens is 1. The number of carbonyl (C=O) groups excluding carboxylic acids is 2. The van der Waals surface area contributed by atoms with Crippen molar-refractivity contribution in [1.82, 2.24) is 4.90 Å². The van der Waals surface area contributed by atoms with Crippen molar-refractivity contribution in [2.45, 2.75) is 6.54 Å². The summed E-state index contributed by atoms with van der Waals surface area (Å²) in [4.78, 5) is 25.1. The number of nitrogens with two attached hydrogens (primary N) is 1. The molecule has 0 aromatic heterocycles. The molecule has 0 radical (unpaired) electrons. The van der Waals surface area contributed by atoms with Gasteiger partial charge in [0.05, 0.1) is 0 Å². The first-order chi connectivity index (χ1) is 9.97. The minimum Gasteiger partial charge on any atom is -0.366 e. The maximum Gasteiger partial charge on any atom is 0.253 e. The van der Waals surface area contributed by atoms with Crippen LogP contribution in [-0.4, -0.2) is 23.8 Å². The molecule has 5 heteroatoms. The van der Waals surface area contributed by atoms with E-state index in [9.17, 15) is 9.59 Å². The van der Waals surface area contributed by atoms with Crippen LogP contribution in [0.25, 0.3) is 0 Å². The average Bonchev–Trinajstić information content (AvgIpc) is 2.47. The second kappa shape index (κ2) is 6.71. The Kier molecular flexibility index (Phi) is 4.95. The lowest BCUT2D eigenvalue weighted by Crippen LogP contribution is -2.26. The Bertz CT molecular complexity index is 668. The van der Waals surface area contributed by atoms with Gasteiger partial charge in [0.15, 0.2) is 0 Å². The smallest absolute Gasteiger partial charge is 0.253 e. The molecule has 0 atom stereocenters. The van der Waals surface area contributed by atoms with Gasteiger partial charge in [0.25, 0.3) is 5.91 Å². The molecule has 2 aromatic rings. The van der Waals surface area contributed by atoms with E-state index in [4.69, 9.17) is 5.73 Å². The maximum absolute atomic E-state index is 12.3. The number of hydrogen-bond acceptors (Lipinski definition) is 2. The molecule has 2 N–H and O–H groups in total. The molecule has 0 spiro atoms. The number of amides is 2. The summed E-state index contributed by atoms with van der Waals surface area (Å²) < 4.78 is 1.08. The molecule has 2 aromatic carbocycles. The lowest BCUT2D eigenvalue weighted by Gasteiger charge is -2.17. The first-order valence-corrected chi connectivity index (χ1v) is 7.45. The molecule has 108 valence electrons. The lowest BCUT2D eigenvalue weighted by molar-refractivity contribution is 0.0785. The molecular weight excluding hydrogens is 379 g/mol. The van der Waals surface area contributed by atoms with Gasteiger partial charge in [-0.15, -0.1) is 0 Å². The number of rotatable bonds is 4. The van der Waals surface area contributed by atoms with Crippen molar-refractivity contribution in [1.29, 1.82) is 0 Å². The van der Waals surface area contributed by atoms with Gasteiger partial charge in [0.1, 0.15) is 0 Å². The van der Waals surface area contributed by atoms with Gasteiger partial charge >= 0.3 is 0 Å². The molecule has 0 aliphatic carbocycles. The Labute approximate surface area is 137 Å². The molecule has 2 amide bonds. The molecule has 0 aliphatic heterocycles. The molecule has 0 aliphatic rings. The molecule has 2 rings (SSSR count). The summed E-state index contributed by atoms with van der Waals surface area (Å²) in [5, 5.41) is 0. The summed E-state index contributed by atoms with van der Waals surface area (Å²) in [6, 6.07) is 14.4. The Hall–Kier alpha value is -1.89. The molecule has 0 fully saturated rings. The van der Waals surface area contributed by atoms with E-state index in [1.165, 1.54) is 0 Å². The summed E-state index contributed by atoms with van der Waals surface area (Å²) in [5.74, 6) is -0.528. The average molecular weight is 394 g/mol. The quantitative estimate of drug-likeness (QED) is 0.811. The third kappa shape index (κ3) is 4.04. The lowest BCUT2D eigenvalue weighted by atomic mass is 10.1. The summed E-state index contributed by atoms with van der Waals surface area (Å²) in [6.45, 7) is 0.423. The van der Waals surface area contributed by atoms with Crippen molar-refractivity contribution in [3.05, 3.63) is 68.8 Å². The Morgan fingerprint density at radius 3 is 2.38 bits per heavy atom. The fraction of sp³-hybridized carbons (Fsp3) is 0.125. The Morgan fingerprint density at radius 1 is 1.10 bits per heavy atom. The molecule has 0 unspecified atom stereocenters. The second-order valence-corrected chi connectivity index (χ2v) is 5.98. The van der Waals surface area contributed by atoms with Crippen LogP contribution < -0.4 is 5.73 Å². The zero-order valence-corrected chi connectivity index (χ0v) is 13.7. The highest BCUT2D eigenvalue weighted by Crippen LogP contribution is 2.12. The van der Waals surface area contributed by atoms with Gasteiger partial charge in [-0.25, -0.2) is 0 Å². The fourth-order valence-corrected chi connectivity index (χ4v) is 2.34.